The minimum atomic E-state index is -0.880. The Hall–Kier alpha value is -1.93. The predicted molar refractivity (Wildman–Crippen MR) is 82.6 cm³/mol. The fourth-order valence-corrected chi connectivity index (χ4v) is 2.33. The van der Waals surface area contributed by atoms with Crippen molar-refractivity contribution in [2.45, 2.75) is 13.0 Å². The molecule has 0 aliphatic heterocycles. The first-order valence-electron chi connectivity index (χ1n) is 6.48. The SMILES string of the molecule is CCOC(=O)[C@@H](N)CSC(=O)c1cc(OC)c(O)c(OC)c1. The summed E-state index contributed by atoms with van der Waals surface area (Å²) in [5.41, 5.74) is 5.90. The number of carbonyl (C=O) groups excluding carboxylic acids is 2. The fraction of sp³-hybridized carbons (Fsp3) is 0.429. The number of phenols is 1. The maximum Gasteiger partial charge on any atom is 0.323 e. The maximum atomic E-state index is 12.1. The molecule has 0 aromatic heterocycles. The zero-order chi connectivity index (χ0) is 16.7. The fourth-order valence-electron chi connectivity index (χ4n) is 1.58. The van der Waals surface area contributed by atoms with E-state index in [0.29, 0.717) is 0 Å². The van der Waals surface area contributed by atoms with Crippen molar-refractivity contribution < 1.29 is 28.9 Å². The van der Waals surface area contributed by atoms with Crippen LogP contribution >= 0.6 is 11.8 Å². The zero-order valence-electron chi connectivity index (χ0n) is 12.6. The first-order chi connectivity index (χ1) is 10.4. The molecule has 0 saturated heterocycles. The quantitative estimate of drug-likeness (QED) is 0.718. The van der Waals surface area contributed by atoms with Gasteiger partial charge in [-0.3, -0.25) is 9.59 Å². The van der Waals surface area contributed by atoms with Gasteiger partial charge in [0.05, 0.1) is 20.8 Å². The predicted octanol–water partition coefficient (Wildman–Crippen LogP) is 1.17. The van der Waals surface area contributed by atoms with Crippen LogP contribution in [-0.2, 0) is 9.53 Å². The molecular formula is C14H19NO6S. The van der Waals surface area contributed by atoms with E-state index in [4.69, 9.17) is 19.9 Å². The molecule has 0 aliphatic carbocycles. The van der Waals surface area contributed by atoms with Crippen LogP contribution in [-0.4, -0.2) is 48.8 Å². The van der Waals surface area contributed by atoms with Crippen molar-refractivity contribution >= 4 is 22.8 Å². The van der Waals surface area contributed by atoms with Crippen molar-refractivity contribution in [3.8, 4) is 17.2 Å². The Balaban J connectivity index is 2.79. The number of carbonyl (C=O) groups is 2. The van der Waals surface area contributed by atoms with Gasteiger partial charge in [0.15, 0.2) is 11.5 Å². The standard InChI is InChI=1S/C14H19NO6S/c1-4-21-13(17)9(15)7-22-14(18)8-5-10(19-2)12(16)11(6-8)20-3/h5-6,9,16H,4,7,15H2,1-3H3/t9-/m0/s1. The molecule has 0 unspecified atom stereocenters. The van der Waals surface area contributed by atoms with Crippen molar-refractivity contribution in [3.05, 3.63) is 17.7 Å². The number of esters is 1. The molecular weight excluding hydrogens is 310 g/mol. The summed E-state index contributed by atoms with van der Waals surface area (Å²) in [6, 6.07) is 1.90. The lowest BCUT2D eigenvalue weighted by Gasteiger charge is -2.12. The Kier molecular flexibility index (Phi) is 7.00. The molecule has 1 aromatic rings. The van der Waals surface area contributed by atoms with E-state index in [0.717, 1.165) is 11.8 Å². The van der Waals surface area contributed by atoms with Crippen LogP contribution in [0.1, 0.15) is 17.3 Å². The van der Waals surface area contributed by atoms with Gasteiger partial charge in [-0.15, -0.1) is 0 Å². The normalized spacial score (nSPS) is 11.6. The topological polar surface area (TPSA) is 108 Å². The number of phenolic OH excluding ortho intramolecular Hbond substituents is 1. The van der Waals surface area contributed by atoms with Crippen LogP contribution in [0.15, 0.2) is 12.1 Å². The van der Waals surface area contributed by atoms with Gasteiger partial charge in [0.25, 0.3) is 0 Å². The first-order valence-corrected chi connectivity index (χ1v) is 7.47. The summed E-state index contributed by atoms with van der Waals surface area (Å²) in [5, 5.41) is 9.47. The highest BCUT2D eigenvalue weighted by Crippen LogP contribution is 2.37. The monoisotopic (exact) mass is 329 g/mol. The summed E-state index contributed by atoms with van der Waals surface area (Å²) in [5.74, 6) is -0.405. The van der Waals surface area contributed by atoms with Gasteiger partial charge in [-0.25, -0.2) is 0 Å². The molecule has 8 heteroatoms. The van der Waals surface area contributed by atoms with Crippen molar-refractivity contribution in [1.29, 1.82) is 0 Å². The van der Waals surface area contributed by atoms with Crippen LogP contribution in [0.25, 0.3) is 0 Å². The number of rotatable bonds is 7. The van der Waals surface area contributed by atoms with Gasteiger partial charge < -0.3 is 25.1 Å². The van der Waals surface area contributed by atoms with Crippen LogP contribution < -0.4 is 15.2 Å². The van der Waals surface area contributed by atoms with Crippen molar-refractivity contribution in [2.24, 2.45) is 5.73 Å². The van der Waals surface area contributed by atoms with Gasteiger partial charge >= 0.3 is 5.97 Å². The molecule has 0 fully saturated rings. The molecule has 22 heavy (non-hydrogen) atoms. The zero-order valence-corrected chi connectivity index (χ0v) is 13.4. The lowest BCUT2D eigenvalue weighted by atomic mass is 10.2. The Morgan fingerprint density at radius 1 is 1.27 bits per heavy atom. The van der Waals surface area contributed by atoms with Crippen LogP contribution in [0.2, 0.25) is 0 Å². The molecule has 0 saturated carbocycles. The van der Waals surface area contributed by atoms with Gasteiger partial charge in [0.2, 0.25) is 10.9 Å². The molecule has 1 atom stereocenters. The highest BCUT2D eigenvalue weighted by molar-refractivity contribution is 8.14. The molecule has 3 N–H and O–H groups in total. The van der Waals surface area contributed by atoms with E-state index in [2.05, 4.69) is 0 Å². The molecule has 0 aliphatic rings. The number of nitrogens with two attached hydrogens (primary N) is 1. The van der Waals surface area contributed by atoms with E-state index in [1.54, 1.807) is 6.92 Å². The van der Waals surface area contributed by atoms with Gasteiger partial charge in [-0.2, -0.15) is 0 Å². The molecule has 7 nitrogen and oxygen atoms in total. The van der Waals surface area contributed by atoms with Gasteiger partial charge in [0.1, 0.15) is 6.04 Å². The molecule has 0 spiro atoms. The highest BCUT2D eigenvalue weighted by Gasteiger charge is 2.20. The van der Waals surface area contributed by atoms with Gasteiger partial charge in [0, 0.05) is 11.3 Å². The van der Waals surface area contributed by atoms with Crippen molar-refractivity contribution in [1.82, 2.24) is 0 Å². The maximum absolute atomic E-state index is 12.1. The largest absolute Gasteiger partial charge is 0.502 e. The minimum Gasteiger partial charge on any atom is -0.502 e. The second-order valence-electron chi connectivity index (χ2n) is 4.19. The molecule has 1 rings (SSSR count). The lowest BCUT2D eigenvalue weighted by molar-refractivity contribution is -0.144. The third-order valence-electron chi connectivity index (χ3n) is 2.70. The summed E-state index contributed by atoms with van der Waals surface area (Å²) in [6.45, 7) is 1.91. The number of hydrogen-bond acceptors (Lipinski definition) is 8. The van der Waals surface area contributed by atoms with Gasteiger partial charge in [-0.05, 0) is 19.1 Å². The van der Waals surface area contributed by atoms with E-state index in [1.165, 1.54) is 26.4 Å². The molecule has 0 heterocycles. The minimum absolute atomic E-state index is 0.0865. The van der Waals surface area contributed by atoms with Gasteiger partial charge in [-0.1, -0.05) is 11.8 Å². The molecule has 0 bridgehead atoms. The van der Waals surface area contributed by atoms with E-state index >= 15 is 0 Å². The number of ether oxygens (including phenoxy) is 3. The number of benzene rings is 1. The Labute approximate surface area is 132 Å². The Morgan fingerprint density at radius 3 is 2.27 bits per heavy atom. The summed E-state index contributed by atoms with van der Waals surface area (Å²) < 4.78 is 14.7. The molecule has 122 valence electrons. The van der Waals surface area contributed by atoms with E-state index in [1.807, 2.05) is 0 Å². The number of methoxy groups -OCH3 is 2. The van der Waals surface area contributed by atoms with E-state index in [-0.39, 0.29) is 40.3 Å². The summed E-state index contributed by atoms with van der Waals surface area (Å²) >= 11 is 0.879. The average molecular weight is 329 g/mol. The van der Waals surface area contributed by atoms with Crippen LogP contribution in [0.4, 0.5) is 0 Å². The average Bonchev–Trinajstić information content (AvgIpc) is 2.52. The number of hydrogen-bond donors (Lipinski definition) is 2. The van der Waals surface area contributed by atoms with E-state index in [9.17, 15) is 14.7 Å². The Morgan fingerprint density at radius 2 is 1.82 bits per heavy atom. The van der Waals surface area contributed by atoms with Crippen LogP contribution in [0.5, 0.6) is 17.2 Å². The summed E-state index contributed by atoms with van der Waals surface area (Å²) in [7, 11) is 2.74. The summed E-state index contributed by atoms with van der Waals surface area (Å²) in [4.78, 5) is 23.5. The van der Waals surface area contributed by atoms with Crippen LogP contribution in [0, 0.1) is 0 Å². The second kappa shape index (κ2) is 8.50. The lowest BCUT2D eigenvalue weighted by Crippen LogP contribution is -2.35. The molecule has 0 amide bonds. The second-order valence-corrected chi connectivity index (χ2v) is 5.18. The van der Waals surface area contributed by atoms with Crippen LogP contribution in [0.3, 0.4) is 0 Å². The van der Waals surface area contributed by atoms with E-state index < -0.39 is 12.0 Å². The molecule has 1 aromatic carbocycles. The smallest absolute Gasteiger partial charge is 0.323 e. The Bertz CT molecular complexity index is 523. The number of thioether (sulfide) groups is 1. The number of aromatic hydroxyl groups is 1. The van der Waals surface area contributed by atoms with Crippen molar-refractivity contribution in [3.63, 3.8) is 0 Å². The third kappa shape index (κ3) is 4.54. The third-order valence-corrected chi connectivity index (χ3v) is 3.72. The summed E-state index contributed by atoms with van der Waals surface area (Å²) in [6.07, 6.45) is 0. The highest BCUT2D eigenvalue weighted by atomic mass is 32.2. The molecule has 0 radical (unpaired) electrons. The van der Waals surface area contributed by atoms with Crippen molar-refractivity contribution in [2.75, 3.05) is 26.6 Å². The first kappa shape index (κ1) is 18.1.